The fraction of sp³-hybridized carbons (Fsp3) is 0.238. The van der Waals surface area contributed by atoms with Gasteiger partial charge in [0.05, 0.1) is 19.9 Å². The lowest BCUT2D eigenvalue weighted by Gasteiger charge is -2.15. The Hall–Kier alpha value is -3.62. The SMILES string of the molecule is COc1ccc(OC)c(NC(=O)C(C)OC(=O)/C=C/c2ccc(OC(F)F)cc2)c1. The summed E-state index contributed by atoms with van der Waals surface area (Å²) >= 11 is 0. The molecule has 1 N–H and O–H groups in total. The third-order valence-corrected chi connectivity index (χ3v) is 3.84. The van der Waals surface area contributed by atoms with E-state index in [1.54, 1.807) is 18.2 Å². The van der Waals surface area contributed by atoms with Crippen molar-refractivity contribution in [3.05, 3.63) is 54.1 Å². The summed E-state index contributed by atoms with van der Waals surface area (Å²) < 4.78 is 43.9. The fourth-order valence-electron chi connectivity index (χ4n) is 2.34. The quantitative estimate of drug-likeness (QED) is 0.489. The van der Waals surface area contributed by atoms with Crippen molar-refractivity contribution in [2.75, 3.05) is 19.5 Å². The fourth-order valence-corrected chi connectivity index (χ4v) is 2.34. The van der Waals surface area contributed by atoms with Crippen LogP contribution in [0.4, 0.5) is 14.5 Å². The number of halogens is 2. The second-order valence-electron chi connectivity index (χ2n) is 5.92. The van der Waals surface area contributed by atoms with Crippen LogP contribution in [0.3, 0.4) is 0 Å². The number of esters is 1. The van der Waals surface area contributed by atoms with E-state index in [1.807, 2.05) is 0 Å². The molecule has 0 saturated heterocycles. The largest absolute Gasteiger partial charge is 0.497 e. The minimum absolute atomic E-state index is 0.00277. The lowest BCUT2D eigenvalue weighted by atomic mass is 10.2. The highest BCUT2D eigenvalue weighted by Gasteiger charge is 2.18. The van der Waals surface area contributed by atoms with Crippen molar-refractivity contribution in [3.63, 3.8) is 0 Å². The number of hydrogen-bond acceptors (Lipinski definition) is 6. The molecule has 0 aliphatic carbocycles. The molecule has 160 valence electrons. The van der Waals surface area contributed by atoms with E-state index < -0.39 is 24.6 Å². The smallest absolute Gasteiger partial charge is 0.387 e. The van der Waals surface area contributed by atoms with Gasteiger partial charge in [0.1, 0.15) is 17.2 Å². The van der Waals surface area contributed by atoms with E-state index in [9.17, 15) is 18.4 Å². The van der Waals surface area contributed by atoms with Crippen molar-refractivity contribution in [2.24, 2.45) is 0 Å². The van der Waals surface area contributed by atoms with E-state index >= 15 is 0 Å². The molecule has 0 radical (unpaired) electrons. The van der Waals surface area contributed by atoms with Crippen LogP contribution < -0.4 is 19.5 Å². The summed E-state index contributed by atoms with van der Waals surface area (Å²) in [6, 6.07) is 10.6. The number of carbonyl (C=O) groups excluding carboxylic acids is 2. The number of hydrogen-bond donors (Lipinski definition) is 1. The van der Waals surface area contributed by atoms with Crippen molar-refractivity contribution in [1.29, 1.82) is 0 Å². The molecule has 0 aliphatic rings. The summed E-state index contributed by atoms with van der Waals surface area (Å²) in [7, 11) is 2.95. The Morgan fingerprint density at radius 2 is 1.67 bits per heavy atom. The van der Waals surface area contributed by atoms with Crippen LogP contribution >= 0.6 is 0 Å². The van der Waals surface area contributed by atoms with Gasteiger partial charge in [-0.15, -0.1) is 0 Å². The molecule has 2 rings (SSSR count). The average Bonchev–Trinajstić information content (AvgIpc) is 2.72. The van der Waals surface area contributed by atoms with Gasteiger partial charge < -0.3 is 24.3 Å². The number of anilines is 1. The number of carbonyl (C=O) groups is 2. The van der Waals surface area contributed by atoms with Crippen molar-refractivity contribution < 1.29 is 37.3 Å². The van der Waals surface area contributed by atoms with Gasteiger partial charge >= 0.3 is 12.6 Å². The molecule has 0 fully saturated rings. The van der Waals surface area contributed by atoms with E-state index in [0.29, 0.717) is 22.7 Å². The van der Waals surface area contributed by atoms with Crippen molar-refractivity contribution in [3.8, 4) is 17.2 Å². The number of amides is 1. The molecule has 0 aromatic heterocycles. The van der Waals surface area contributed by atoms with Crippen LogP contribution in [0.1, 0.15) is 12.5 Å². The highest BCUT2D eigenvalue weighted by molar-refractivity contribution is 5.97. The van der Waals surface area contributed by atoms with Gasteiger partial charge in [-0.3, -0.25) is 4.79 Å². The number of methoxy groups -OCH3 is 2. The molecule has 1 unspecified atom stereocenters. The number of ether oxygens (including phenoxy) is 4. The predicted molar refractivity (Wildman–Crippen MR) is 106 cm³/mol. The topological polar surface area (TPSA) is 83.1 Å². The molecule has 7 nitrogen and oxygen atoms in total. The maximum Gasteiger partial charge on any atom is 0.387 e. The summed E-state index contributed by atoms with van der Waals surface area (Å²) in [6.07, 6.45) is 1.46. The lowest BCUT2D eigenvalue weighted by Crippen LogP contribution is -2.29. The summed E-state index contributed by atoms with van der Waals surface area (Å²) in [5.74, 6) is -0.367. The molecule has 0 heterocycles. The van der Waals surface area contributed by atoms with Gasteiger partial charge in [-0.2, -0.15) is 8.78 Å². The molecule has 1 atom stereocenters. The molecule has 2 aromatic carbocycles. The van der Waals surface area contributed by atoms with Crippen LogP contribution in [0.2, 0.25) is 0 Å². The summed E-state index contributed by atoms with van der Waals surface area (Å²) in [5, 5.41) is 2.62. The molecule has 9 heteroatoms. The van der Waals surface area contributed by atoms with E-state index in [1.165, 1.54) is 51.5 Å². The minimum Gasteiger partial charge on any atom is -0.497 e. The number of benzene rings is 2. The second kappa shape index (κ2) is 10.8. The highest BCUT2D eigenvalue weighted by atomic mass is 19.3. The molecule has 0 bridgehead atoms. The third kappa shape index (κ3) is 6.77. The average molecular weight is 421 g/mol. The zero-order valence-electron chi connectivity index (χ0n) is 16.6. The van der Waals surface area contributed by atoms with Gasteiger partial charge in [-0.05, 0) is 42.8 Å². The first-order valence-electron chi connectivity index (χ1n) is 8.79. The summed E-state index contributed by atoms with van der Waals surface area (Å²) in [4.78, 5) is 24.3. The second-order valence-corrected chi connectivity index (χ2v) is 5.92. The maximum absolute atomic E-state index is 12.3. The zero-order valence-corrected chi connectivity index (χ0v) is 16.6. The molecular weight excluding hydrogens is 400 g/mol. The van der Waals surface area contributed by atoms with E-state index in [4.69, 9.17) is 14.2 Å². The number of rotatable bonds is 9. The first-order valence-corrected chi connectivity index (χ1v) is 8.79. The van der Waals surface area contributed by atoms with Crippen LogP contribution in [0.25, 0.3) is 6.08 Å². The Kier molecular flexibility index (Phi) is 8.16. The van der Waals surface area contributed by atoms with E-state index in [-0.39, 0.29) is 5.75 Å². The number of alkyl halides is 2. The number of nitrogens with one attached hydrogen (secondary N) is 1. The van der Waals surface area contributed by atoms with Crippen LogP contribution in [-0.4, -0.2) is 38.8 Å². The zero-order chi connectivity index (χ0) is 22.1. The Balaban J connectivity index is 1.93. The maximum atomic E-state index is 12.3. The monoisotopic (exact) mass is 421 g/mol. The van der Waals surface area contributed by atoms with E-state index in [2.05, 4.69) is 10.1 Å². The van der Waals surface area contributed by atoms with Crippen LogP contribution in [-0.2, 0) is 14.3 Å². The summed E-state index contributed by atoms with van der Waals surface area (Å²) in [5.41, 5.74) is 0.929. The first kappa shape index (κ1) is 22.7. The van der Waals surface area contributed by atoms with Gasteiger partial charge in [0.25, 0.3) is 5.91 Å². The standard InChI is InChI=1S/C21H21F2NO6/c1-13(20(26)24-17-12-16(27-2)9-10-18(17)28-3)29-19(25)11-6-14-4-7-15(8-5-14)30-21(22)23/h4-13,21H,1-3H3,(H,24,26)/b11-6+. The predicted octanol–water partition coefficient (Wildman–Crippen LogP) is 3.89. The van der Waals surface area contributed by atoms with Gasteiger partial charge in [0.2, 0.25) is 0 Å². The Labute approximate surface area is 172 Å². The Morgan fingerprint density at radius 3 is 2.27 bits per heavy atom. The lowest BCUT2D eigenvalue weighted by molar-refractivity contribution is -0.148. The van der Waals surface area contributed by atoms with E-state index in [0.717, 1.165) is 6.08 Å². The minimum atomic E-state index is -2.91. The Bertz CT molecular complexity index is 899. The van der Waals surface area contributed by atoms with Crippen LogP contribution in [0, 0.1) is 0 Å². The van der Waals surface area contributed by atoms with Crippen molar-refractivity contribution in [1.82, 2.24) is 0 Å². The molecule has 1 amide bonds. The first-order chi connectivity index (χ1) is 14.3. The molecule has 2 aromatic rings. The van der Waals surface area contributed by atoms with Gasteiger partial charge in [-0.1, -0.05) is 12.1 Å². The molecular formula is C21H21F2NO6. The van der Waals surface area contributed by atoms with Crippen molar-refractivity contribution in [2.45, 2.75) is 19.6 Å². The molecule has 0 spiro atoms. The third-order valence-electron chi connectivity index (χ3n) is 3.84. The van der Waals surface area contributed by atoms with Gasteiger partial charge in [0, 0.05) is 12.1 Å². The summed E-state index contributed by atoms with van der Waals surface area (Å²) in [6.45, 7) is -1.49. The normalized spacial score (nSPS) is 11.8. The van der Waals surface area contributed by atoms with Gasteiger partial charge in [0.15, 0.2) is 6.10 Å². The van der Waals surface area contributed by atoms with Crippen LogP contribution in [0.15, 0.2) is 48.5 Å². The van der Waals surface area contributed by atoms with Crippen LogP contribution in [0.5, 0.6) is 17.2 Å². The van der Waals surface area contributed by atoms with Crippen molar-refractivity contribution >= 4 is 23.6 Å². The molecule has 0 saturated carbocycles. The Morgan fingerprint density at radius 1 is 1.00 bits per heavy atom. The molecule has 30 heavy (non-hydrogen) atoms. The van der Waals surface area contributed by atoms with Gasteiger partial charge in [-0.25, -0.2) is 4.79 Å². The molecule has 0 aliphatic heterocycles. The highest BCUT2D eigenvalue weighted by Crippen LogP contribution is 2.29.